The van der Waals surface area contributed by atoms with E-state index < -0.39 is 0 Å². The summed E-state index contributed by atoms with van der Waals surface area (Å²) in [6.45, 7) is 3.60. The van der Waals surface area contributed by atoms with Crippen LogP contribution in [0.3, 0.4) is 0 Å². The van der Waals surface area contributed by atoms with E-state index in [1.54, 1.807) is 7.11 Å². The molecule has 1 atom stereocenters. The van der Waals surface area contributed by atoms with Crippen molar-refractivity contribution < 1.29 is 4.74 Å². The van der Waals surface area contributed by atoms with Crippen molar-refractivity contribution in [3.63, 3.8) is 0 Å². The fourth-order valence-corrected chi connectivity index (χ4v) is 3.69. The van der Waals surface area contributed by atoms with Crippen LogP contribution < -0.4 is 4.90 Å². The maximum atomic E-state index is 5.22. The first-order valence-electron chi connectivity index (χ1n) is 8.96. The number of benzene rings is 1. The van der Waals surface area contributed by atoms with E-state index in [0.717, 1.165) is 37.4 Å². The lowest BCUT2D eigenvalue weighted by molar-refractivity contribution is 0.185. The van der Waals surface area contributed by atoms with Gasteiger partial charge in [-0.15, -0.1) is 0 Å². The molecule has 5 nitrogen and oxygen atoms in total. The van der Waals surface area contributed by atoms with Gasteiger partial charge in [0.1, 0.15) is 11.6 Å². The molecule has 4 rings (SSSR count). The van der Waals surface area contributed by atoms with Crippen LogP contribution in [0.25, 0.3) is 10.9 Å². The molecule has 1 aliphatic heterocycles. The van der Waals surface area contributed by atoms with Crippen LogP contribution in [0.5, 0.6) is 0 Å². The van der Waals surface area contributed by atoms with E-state index in [2.05, 4.69) is 51.0 Å². The lowest BCUT2D eigenvalue weighted by Gasteiger charge is -2.33. The molecule has 0 radical (unpaired) electrons. The molecule has 5 heteroatoms. The average Bonchev–Trinajstić information content (AvgIpc) is 3.14. The lowest BCUT2D eigenvalue weighted by atomic mass is 9.97. The zero-order chi connectivity index (χ0) is 17.1. The Balaban J connectivity index is 1.55. The SMILES string of the molecule is COCCn1ccnc1[C@H]1CCCN(c2ccc3ccccc3n2)C1. The molecule has 3 heterocycles. The summed E-state index contributed by atoms with van der Waals surface area (Å²) >= 11 is 0. The molecule has 0 aliphatic carbocycles. The fourth-order valence-electron chi connectivity index (χ4n) is 3.69. The molecule has 0 bridgehead atoms. The summed E-state index contributed by atoms with van der Waals surface area (Å²) in [5.74, 6) is 2.68. The third-order valence-electron chi connectivity index (χ3n) is 4.98. The predicted molar refractivity (Wildman–Crippen MR) is 100 cm³/mol. The summed E-state index contributed by atoms with van der Waals surface area (Å²) in [5.41, 5.74) is 1.06. The predicted octanol–water partition coefficient (Wildman–Crippen LogP) is 3.46. The average molecular weight is 336 g/mol. The number of para-hydroxylation sites is 1. The molecule has 0 N–H and O–H groups in total. The van der Waals surface area contributed by atoms with Crippen molar-refractivity contribution in [3.8, 4) is 0 Å². The highest BCUT2D eigenvalue weighted by atomic mass is 16.5. The van der Waals surface area contributed by atoms with Crippen LogP contribution in [-0.2, 0) is 11.3 Å². The molecule has 130 valence electrons. The first-order valence-corrected chi connectivity index (χ1v) is 8.96. The number of pyridine rings is 1. The molecule has 25 heavy (non-hydrogen) atoms. The normalized spacial score (nSPS) is 18.0. The minimum atomic E-state index is 0.439. The Morgan fingerprint density at radius 1 is 1.20 bits per heavy atom. The van der Waals surface area contributed by atoms with Crippen molar-refractivity contribution in [2.75, 3.05) is 31.7 Å². The number of piperidine rings is 1. The van der Waals surface area contributed by atoms with Gasteiger partial charge in [-0.25, -0.2) is 9.97 Å². The van der Waals surface area contributed by atoms with Crippen molar-refractivity contribution in [2.24, 2.45) is 0 Å². The largest absolute Gasteiger partial charge is 0.383 e. The second kappa shape index (κ2) is 7.23. The fraction of sp³-hybridized carbons (Fsp3) is 0.400. The van der Waals surface area contributed by atoms with Gasteiger partial charge >= 0.3 is 0 Å². The molecule has 1 fully saturated rings. The van der Waals surface area contributed by atoms with E-state index in [9.17, 15) is 0 Å². The number of aromatic nitrogens is 3. The van der Waals surface area contributed by atoms with Gasteiger partial charge in [-0.05, 0) is 31.0 Å². The summed E-state index contributed by atoms with van der Waals surface area (Å²) in [6, 6.07) is 12.6. The Kier molecular flexibility index (Phi) is 4.65. The van der Waals surface area contributed by atoms with Crippen LogP contribution in [0.1, 0.15) is 24.6 Å². The number of anilines is 1. The monoisotopic (exact) mass is 336 g/mol. The molecular formula is C20H24N4O. The van der Waals surface area contributed by atoms with Crippen LogP contribution in [-0.4, -0.2) is 41.3 Å². The molecule has 0 unspecified atom stereocenters. The number of nitrogens with zero attached hydrogens (tertiary/aromatic N) is 4. The molecule has 2 aromatic heterocycles. The zero-order valence-electron chi connectivity index (χ0n) is 14.6. The van der Waals surface area contributed by atoms with Gasteiger partial charge in [0.05, 0.1) is 12.1 Å². The van der Waals surface area contributed by atoms with Gasteiger partial charge in [0, 0.05) is 50.4 Å². The Hall–Kier alpha value is -2.40. The molecule has 3 aromatic rings. The molecule has 1 aromatic carbocycles. The topological polar surface area (TPSA) is 43.2 Å². The van der Waals surface area contributed by atoms with E-state index in [4.69, 9.17) is 9.72 Å². The summed E-state index contributed by atoms with van der Waals surface area (Å²) in [5, 5.41) is 1.19. The highest BCUT2D eigenvalue weighted by Gasteiger charge is 2.25. The molecule has 0 saturated carbocycles. The first kappa shape index (κ1) is 16.1. The van der Waals surface area contributed by atoms with Crippen LogP contribution in [0.4, 0.5) is 5.82 Å². The zero-order valence-corrected chi connectivity index (χ0v) is 14.6. The number of imidazole rings is 1. The highest BCUT2D eigenvalue weighted by Crippen LogP contribution is 2.29. The third-order valence-corrected chi connectivity index (χ3v) is 4.98. The number of methoxy groups -OCH3 is 1. The van der Waals surface area contributed by atoms with Crippen molar-refractivity contribution in [3.05, 3.63) is 54.6 Å². The van der Waals surface area contributed by atoms with Gasteiger partial charge < -0.3 is 14.2 Å². The van der Waals surface area contributed by atoms with E-state index in [1.165, 1.54) is 17.6 Å². The molecule has 0 amide bonds. The maximum absolute atomic E-state index is 5.22. The molecule has 1 saturated heterocycles. The number of rotatable bonds is 5. The van der Waals surface area contributed by atoms with Gasteiger partial charge in [-0.3, -0.25) is 0 Å². The highest BCUT2D eigenvalue weighted by molar-refractivity contribution is 5.80. The molecular weight excluding hydrogens is 312 g/mol. The quantitative estimate of drug-likeness (QED) is 0.716. The minimum Gasteiger partial charge on any atom is -0.383 e. The van der Waals surface area contributed by atoms with Gasteiger partial charge in [0.2, 0.25) is 0 Å². The van der Waals surface area contributed by atoms with Gasteiger partial charge in [0.15, 0.2) is 0 Å². The first-order chi connectivity index (χ1) is 12.3. The van der Waals surface area contributed by atoms with Gasteiger partial charge in [0.25, 0.3) is 0 Å². The van der Waals surface area contributed by atoms with Crippen molar-refractivity contribution >= 4 is 16.7 Å². The number of hydrogen-bond acceptors (Lipinski definition) is 4. The summed E-state index contributed by atoms with van der Waals surface area (Å²) in [7, 11) is 1.74. The van der Waals surface area contributed by atoms with Crippen LogP contribution >= 0.6 is 0 Å². The molecule has 0 spiro atoms. The second-order valence-corrected chi connectivity index (χ2v) is 6.62. The Morgan fingerprint density at radius 2 is 2.12 bits per heavy atom. The van der Waals surface area contributed by atoms with Crippen molar-refractivity contribution in [1.82, 2.24) is 14.5 Å². The number of fused-ring (bicyclic) bond motifs is 1. The minimum absolute atomic E-state index is 0.439. The summed E-state index contributed by atoms with van der Waals surface area (Å²) in [4.78, 5) is 11.9. The van der Waals surface area contributed by atoms with Gasteiger partial charge in [-0.1, -0.05) is 18.2 Å². The standard InChI is InChI=1S/C20H24N4O/c1-25-14-13-23-12-10-21-20(23)17-6-4-11-24(15-17)19-9-8-16-5-2-3-7-18(16)22-19/h2-3,5,7-10,12,17H,4,6,11,13-15H2,1H3/t17-/m0/s1. The van der Waals surface area contributed by atoms with E-state index in [1.807, 2.05) is 12.3 Å². The Morgan fingerprint density at radius 3 is 3.04 bits per heavy atom. The van der Waals surface area contributed by atoms with E-state index in [-0.39, 0.29) is 0 Å². The van der Waals surface area contributed by atoms with Gasteiger partial charge in [-0.2, -0.15) is 0 Å². The summed E-state index contributed by atoms with van der Waals surface area (Å²) in [6.07, 6.45) is 6.30. The number of hydrogen-bond donors (Lipinski definition) is 0. The van der Waals surface area contributed by atoms with Crippen molar-refractivity contribution in [1.29, 1.82) is 0 Å². The maximum Gasteiger partial charge on any atom is 0.129 e. The second-order valence-electron chi connectivity index (χ2n) is 6.62. The Labute approximate surface area is 148 Å². The third kappa shape index (κ3) is 3.37. The Bertz CT molecular complexity index is 844. The number of ether oxygens (including phenoxy) is 1. The summed E-state index contributed by atoms with van der Waals surface area (Å²) < 4.78 is 7.45. The van der Waals surface area contributed by atoms with Crippen LogP contribution in [0.2, 0.25) is 0 Å². The van der Waals surface area contributed by atoms with E-state index >= 15 is 0 Å². The van der Waals surface area contributed by atoms with Crippen molar-refractivity contribution in [2.45, 2.75) is 25.3 Å². The molecule has 1 aliphatic rings. The van der Waals surface area contributed by atoms with E-state index in [0.29, 0.717) is 12.5 Å². The van der Waals surface area contributed by atoms with Crippen LogP contribution in [0.15, 0.2) is 48.8 Å². The smallest absolute Gasteiger partial charge is 0.129 e. The lowest BCUT2D eigenvalue weighted by Crippen LogP contribution is -2.36. The van der Waals surface area contributed by atoms with Crippen LogP contribution in [0, 0.1) is 0 Å².